The molecule has 1 amide bonds. The van der Waals surface area contributed by atoms with E-state index in [1.165, 1.54) is 0 Å². The molecule has 2 aromatic rings. The van der Waals surface area contributed by atoms with Gasteiger partial charge in [0, 0.05) is 5.56 Å². The van der Waals surface area contributed by atoms with Crippen molar-refractivity contribution in [3.05, 3.63) is 53.1 Å². The highest BCUT2D eigenvalue weighted by Crippen LogP contribution is 2.28. The molecule has 104 valence electrons. The number of nitrogen functional groups attached to an aromatic ring is 1. The normalized spacial score (nSPS) is 10.1. The van der Waals surface area contributed by atoms with Gasteiger partial charge in [-0.05, 0) is 43.3 Å². The number of anilines is 2. The minimum Gasteiger partial charge on any atom is -0.494 e. The molecule has 0 fully saturated rings. The van der Waals surface area contributed by atoms with Crippen LogP contribution in [0.2, 0.25) is 5.02 Å². The monoisotopic (exact) mass is 290 g/mol. The van der Waals surface area contributed by atoms with Crippen molar-refractivity contribution in [2.45, 2.75) is 6.92 Å². The summed E-state index contributed by atoms with van der Waals surface area (Å²) in [6.45, 7) is 2.49. The lowest BCUT2D eigenvalue weighted by molar-refractivity contribution is 0.102. The van der Waals surface area contributed by atoms with Crippen LogP contribution in [0, 0.1) is 0 Å². The standard InChI is InChI=1S/C15H15ClN2O2/c1-2-20-11-8-6-10(7-9-11)15(19)18-14-12(16)4-3-5-13(14)17/h3-9H,2,17H2,1H3,(H,18,19). The molecule has 2 aromatic carbocycles. The van der Waals surface area contributed by atoms with E-state index in [9.17, 15) is 4.79 Å². The molecule has 0 bridgehead atoms. The summed E-state index contributed by atoms with van der Waals surface area (Å²) in [5.41, 5.74) is 7.15. The molecule has 0 saturated carbocycles. The zero-order chi connectivity index (χ0) is 14.5. The maximum absolute atomic E-state index is 12.1. The van der Waals surface area contributed by atoms with E-state index in [1.54, 1.807) is 42.5 Å². The summed E-state index contributed by atoms with van der Waals surface area (Å²) in [5.74, 6) is 0.453. The van der Waals surface area contributed by atoms with Gasteiger partial charge in [-0.3, -0.25) is 4.79 Å². The van der Waals surface area contributed by atoms with Crippen molar-refractivity contribution in [1.82, 2.24) is 0 Å². The maximum Gasteiger partial charge on any atom is 0.255 e. The zero-order valence-corrected chi connectivity index (χ0v) is 11.8. The van der Waals surface area contributed by atoms with Crippen LogP contribution < -0.4 is 15.8 Å². The van der Waals surface area contributed by atoms with Gasteiger partial charge in [-0.15, -0.1) is 0 Å². The third-order valence-electron chi connectivity index (χ3n) is 2.71. The first-order chi connectivity index (χ1) is 9.61. The SMILES string of the molecule is CCOc1ccc(C(=O)Nc2c(N)cccc2Cl)cc1. The van der Waals surface area contributed by atoms with Crippen molar-refractivity contribution in [2.24, 2.45) is 0 Å². The predicted molar refractivity (Wildman–Crippen MR) is 81.4 cm³/mol. The number of hydrogen-bond acceptors (Lipinski definition) is 3. The van der Waals surface area contributed by atoms with Gasteiger partial charge in [0.2, 0.25) is 0 Å². The lowest BCUT2D eigenvalue weighted by Gasteiger charge is -2.10. The van der Waals surface area contributed by atoms with E-state index in [4.69, 9.17) is 22.1 Å². The molecule has 0 radical (unpaired) electrons. The van der Waals surface area contributed by atoms with Crippen molar-refractivity contribution in [3.8, 4) is 5.75 Å². The average molecular weight is 291 g/mol. The molecule has 0 spiro atoms. The third kappa shape index (κ3) is 3.22. The smallest absolute Gasteiger partial charge is 0.255 e. The minimum atomic E-state index is -0.271. The summed E-state index contributed by atoms with van der Waals surface area (Å²) in [6.07, 6.45) is 0. The maximum atomic E-state index is 12.1. The minimum absolute atomic E-state index is 0.271. The number of rotatable bonds is 4. The van der Waals surface area contributed by atoms with Crippen LogP contribution in [0.15, 0.2) is 42.5 Å². The Morgan fingerprint density at radius 1 is 1.25 bits per heavy atom. The van der Waals surface area contributed by atoms with E-state index in [1.807, 2.05) is 6.92 Å². The highest BCUT2D eigenvalue weighted by Gasteiger charge is 2.10. The highest BCUT2D eigenvalue weighted by molar-refractivity contribution is 6.34. The van der Waals surface area contributed by atoms with Crippen LogP contribution in [-0.2, 0) is 0 Å². The van der Waals surface area contributed by atoms with E-state index < -0.39 is 0 Å². The number of hydrogen-bond donors (Lipinski definition) is 2. The number of benzene rings is 2. The molecule has 0 saturated heterocycles. The first-order valence-electron chi connectivity index (χ1n) is 6.20. The Hall–Kier alpha value is -2.20. The van der Waals surface area contributed by atoms with E-state index >= 15 is 0 Å². The Balaban J connectivity index is 2.16. The molecular formula is C15H15ClN2O2. The van der Waals surface area contributed by atoms with Gasteiger partial charge in [0.05, 0.1) is 23.0 Å². The third-order valence-corrected chi connectivity index (χ3v) is 3.03. The van der Waals surface area contributed by atoms with Crippen molar-refractivity contribution >= 4 is 28.9 Å². The fraction of sp³-hybridized carbons (Fsp3) is 0.133. The van der Waals surface area contributed by atoms with E-state index in [2.05, 4.69) is 5.32 Å². The summed E-state index contributed by atoms with van der Waals surface area (Å²) in [6, 6.07) is 11.9. The average Bonchev–Trinajstić information content (AvgIpc) is 2.44. The van der Waals surface area contributed by atoms with Crippen LogP contribution in [0.4, 0.5) is 11.4 Å². The van der Waals surface area contributed by atoms with Gasteiger partial charge >= 0.3 is 0 Å². The summed E-state index contributed by atoms with van der Waals surface area (Å²) < 4.78 is 5.32. The Morgan fingerprint density at radius 2 is 1.95 bits per heavy atom. The fourth-order valence-corrected chi connectivity index (χ4v) is 1.96. The largest absolute Gasteiger partial charge is 0.494 e. The van der Waals surface area contributed by atoms with Crippen molar-refractivity contribution in [1.29, 1.82) is 0 Å². The first kappa shape index (κ1) is 14.2. The number of nitrogens with one attached hydrogen (secondary N) is 1. The van der Waals surface area contributed by atoms with Crippen LogP contribution in [0.25, 0.3) is 0 Å². The second-order valence-electron chi connectivity index (χ2n) is 4.12. The molecule has 3 N–H and O–H groups in total. The molecule has 0 unspecified atom stereocenters. The zero-order valence-electron chi connectivity index (χ0n) is 11.0. The van der Waals surface area contributed by atoms with Crippen LogP contribution in [0.5, 0.6) is 5.75 Å². The molecule has 4 nitrogen and oxygen atoms in total. The summed E-state index contributed by atoms with van der Waals surface area (Å²) >= 11 is 6.01. The number of para-hydroxylation sites is 1. The molecule has 0 aliphatic carbocycles. The highest BCUT2D eigenvalue weighted by atomic mass is 35.5. The second-order valence-corrected chi connectivity index (χ2v) is 4.52. The molecule has 0 aliphatic rings. The van der Waals surface area contributed by atoms with Crippen molar-refractivity contribution in [3.63, 3.8) is 0 Å². The molecule has 5 heteroatoms. The predicted octanol–water partition coefficient (Wildman–Crippen LogP) is 3.57. The molecule has 0 atom stereocenters. The van der Waals surface area contributed by atoms with Crippen LogP contribution in [0.3, 0.4) is 0 Å². The molecular weight excluding hydrogens is 276 g/mol. The molecule has 0 aliphatic heterocycles. The number of ether oxygens (including phenoxy) is 1. The van der Waals surface area contributed by atoms with Gasteiger partial charge in [-0.2, -0.15) is 0 Å². The van der Waals surface area contributed by atoms with Gasteiger partial charge in [-0.25, -0.2) is 0 Å². The van der Waals surface area contributed by atoms with E-state index in [0.717, 1.165) is 5.75 Å². The Morgan fingerprint density at radius 3 is 2.55 bits per heavy atom. The molecule has 0 heterocycles. The molecule has 2 rings (SSSR count). The van der Waals surface area contributed by atoms with Crippen LogP contribution in [-0.4, -0.2) is 12.5 Å². The van der Waals surface area contributed by atoms with Crippen LogP contribution in [0.1, 0.15) is 17.3 Å². The lowest BCUT2D eigenvalue weighted by atomic mass is 10.2. The van der Waals surface area contributed by atoms with Gasteiger partial charge in [0.25, 0.3) is 5.91 Å². The Bertz CT molecular complexity index is 592. The Kier molecular flexibility index (Phi) is 4.48. The van der Waals surface area contributed by atoms with E-state index in [0.29, 0.717) is 28.6 Å². The summed E-state index contributed by atoms with van der Waals surface area (Å²) in [4.78, 5) is 12.1. The van der Waals surface area contributed by atoms with Gasteiger partial charge in [-0.1, -0.05) is 17.7 Å². The van der Waals surface area contributed by atoms with Crippen molar-refractivity contribution < 1.29 is 9.53 Å². The molecule has 20 heavy (non-hydrogen) atoms. The first-order valence-corrected chi connectivity index (χ1v) is 6.58. The number of carbonyl (C=O) groups excluding carboxylic acids is 1. The lowest BCUT2D eigenvalue weighted by Crippen LogP contribution is -2.13. The Labute approximate surface area is 122 Å². The fourth-order valence-electron chi connectivity index (χ4n) is 1.73. The van der Waals surface area contributed by atoms with Crippen molar-refractivity contribution in [2.75, 3.05) is 17.7 Å². The number of amides is 1. The second kappa shape index (κ2) is 6.30. The quantitative estimate of drug-likeness (QED) is 0.846. The number of halogens is 1. The summed E-state index contributed by atoms with van der Waals surface area (Å²) in [7, 11) is 0. The summed E-state index contributed by atoms with van der Waals surface area (Å²) in [5, 5.41) is 3.12. The topological polar surface area (TPSA) is 64.3 Å². The molecule has 0 aromatic heterocycles. The van der Waals surface area contributed by atoms with Gasteiger partial charge in [0.15, 0.2) is 0 Å². The number of carbonyl (C=O) groups is 1. The number of nitrogens with two attached hydrogens (primary N) is 1. The van der Waals surface area contributed by atoms with E-state index in [-0.39, 0.29) is 5.91 Å². The van der Waals surface area contributed by atoms with Gasteiger partial charge in [0.1, 0.15) is 5.75 Å². The van der Waals surface area contributed by atoms with Crippen LogP contribution >= 0.6 is 11.6 Å². The van der Waals surface area contributed by atoms with Gasteiger partial charge < -0.3 is 15.8 Å².